The van der Waals surface area contributed by atoms with Crippen LogP contribution in [0.3, 0.4) is 0 Å². The van der Waals surface area contributed by atoms with Crippen molar-refractivity contribution < 1.29 is 4.79 Å². The van der Waals surface area contributed by atoms with Crippen molar-refractivity contribution in [3.63, 3.8) is 0 Å². The molecule has 0 saturated heterocycles. The van der Waals surface area contributed by atoms with Gasteiger partial charge >= 0.3 is 0 Å². The maximum Gasteiger partial charge on any atom is 0.245 e. The van der Waals surface area contributed by atoms with Crippen LogP contribution in [0.1, 0.15) is 47.1 Å². The number of hydrogen-bond donors (Lipinski definition) is 3. The third-order valence-electron chi connectivity index (χ3n) is 3.96. The number of allylic oxidation sites excluding steroid dienone is 4. The lowest BCUT2D eigenvalue weighted by Crippen LogP contribution is -2.56. The van der Waals surface area contributed by atoms with Gasteiger partial charge in [-0.2, -0.15) is 0 Å². The van der Waals surface area contributed by atoms with Crippen molar-refractivity contribution in [3.05, 3.63) is 65.4 Å². The Kier molecular flexibility index (Phi) is 8.95. The summed E-state index contributed by atoms with van der Waals surface area (Å²) in [5.41, 5.74) is 2.82. The Morgan fingerprint density at radius 1 is 1.07 bits per heavy atom. The quantitative estimate of drug-likeness (QED) is 0.292. The molecule has 0 heterocycles. The fourth-order valence-corrected chi connectivity index (χ4v) is 2.48. The van der Waals surface area contributed by atoms with Gasteiger partial charge in [-0.05, 0) is 50.2 Å². The SMILES string of the molecule is C/C=C\C(C)=C(/C)NC(=S)NC(NC(=O)/C=C/c1ccccc1)C(C)(C)C. The van der Waals surface area contributed by atoms with Crippen LogP contribution in [-0.4, -0.2) is 17.2 Å². The molecule has 3 N–H and O–H groups in total. The van der Waals surface area contributed by atoms with E-state index in [0.29, 0.717) is 5.11 Å². The van der Waals surface area contributed by atoms with E-state index < -0.39 is 0 Å². The highest BCUT2D eigenvalue weighted by molar-refractivity contribution is 7.80. The molecule has 1 unspecified atom stereocenters. The summed E-state index contributed by atoms with van der Waals surface area (Å²) in [4.78, 5) is 12.4. The topological polar surface area (TPSA) is 53.2 Å². The highest BCUT2D eigenvalue weighted by Crippen LogP contribution is 2.17. The van der Waals surface area contributed by atoms with Gasteiger partial charge in [-0.15, -0.1) is 0 Å². The molecule has 0 aliphatic carbocycles. The molecule has 0 saturated carbocycles. The second kappa shape index (κ2) is 10.7. The number of rotatable bonds is 6. The third kappa shape index (κ3) is 8.69. The standard InChI is InChI=1S/C22H31N3OS/c1-7-11-16(2)17(3)23-21(27)25-20(22(4,5)6)24-19(26)15-14-18-12-9-8-10-13-18/h7-15,20H,1-6H3,(H,24,26)(H2,23,25,27)/b11-7-,15-14+,17-16+. The smallest absolute Gasteiger partial charge is 0.245 e. The average molecular weight is 386 g/mol. The first-order chi connectivity index (χ1) is 12.6. The maximum absolute atomic E-state index is 12.4. The fourth-order valence-electron chi connectivity index (χ4n) is 2.21. The van der Waals surface area contributed by atoms with Crippen molar-refractivity contribution in [1.82, 2.24) is 16.0 Å². The first-order valence-corrected chi connectivity index (χ1v) is 9.45. The van der Waals surface area contributed by atoms with Gasteiger partial charge in [0.1, 0.15) is 6.17 Å². The Hall–Kier alpha value is -2.40. The zero-order chi connectivity index (χ0) is 20.4. The molecule has 27 heavy (non-hydrogen) atoms. The van der Waals surface area contributed by atoms with E-state index in [1.165, 1.54) is 6.08 Å². The fraction of sp³-hybridized carbons (Fsp3) is 0.364. The van der Waals surface area contributed by atoms with E-state index in [4.69, 9.17) is 12.2 Å². The average Bonchev–Trinajstić information content (AvgIpc) is 2.59. The van der Waals surface area contributed by atoms with Crippen LogP contribution in [0.15, 0.2) is 59.8 Å². The lowest BCUT2D eigenvalue weighted by atomic mass is 9.92. The molecule has 1 aromatic rings. The molecule has 1 aromatic carbocycles. The van der Waals surface area contributed by atoms with Gasteiger partial charge in [-0.3, -0.25) is 4.79 Å². The molecule has 0 fully saturated rings. The molecule has 0 aliphatic heterocycles. The minimum atomic E-state index is -0.319. The molecule has 1 rings (SSSR count). The summed E-state index contributed by atoms with van der Waals surface area (Å²) < 4.78 is 0. The van der Waals surface area contributed by atoms with Gasteiger partial charge in [-0.1, -0.05) is 63.3 Å². The molecule has 146 valence electrons. The summed E-state index contributed by atoms with van der Waals surface area (Å²) in [6, 6.07) is 9.72. The summed E-state index contributed by atoms with van der Waals surface area (Å²) in [5.74, 6) is -0.175. The van der Waals surface area contributed by atoms with Crippen molar-refractivity contribution in [1.29, 1.82) is 0 Å². The van der Waals surface area contributed by atoms with E-state index in [1.54, 1.807) is 6.08 Å². The monoisotopic (exact) mass is 385 g/mol. The zero-order valence-corrected chi connectivity index (χ0v) is 17.9. The number of hydrogen-bond acceptors (Lipinski definition) is 2. The van der Waals surface area contributed by atoms with Gasteiger partial charge in [0.25, 0.3) is 0 Å². The van der Waals surface area contributed by atoms with Crippen LogP contribution in [0.4, 0.5) is 0 Å². The summed E-state index contributed by atoms with van der Waals surface area (Å²) >= 11 is 5.42. The molecular weight excluding hydrogens is 354 g/mol. The number of carbonyl (C=O) groups excluding carboxylic acids is 1. The summed E-state index contributed by atoms with van der Waals surface area (Å²) in [5, 5.41) is 9.85. The number of benzene rings is 1. The molecule has 0 aromatic heterocycles. The first-order valence-electron chi connectivity index (χ1n) is 9.04. The van der Waals surface area contributed by atoms with E-state index in [2.05, 4.69) is 16.0 Å². The predicted molar refractivity (Wildman–Crippen MR) is 119 cm³/mol. The van der Waals surface area contributed by atoms with Crippen LogP contribution in [0, 0.1) is 5.41 Å². The van der Waals surface area contributed by atoms with Crippen LogP contribution < -0.4 is 16.0 Å². The molecular formula is C22H31N3OS. The Labute approximate surface area is 168 Å². The van der Waals surface area contributed by atoms with Crippen LogP contribution in [0.2, 0.25) is 0 Å². The normalized spacial score (nSPS) is 14.0. The molecule has 5 heteroatoms. The van der Waals surface area contributed by atoms with Crippen molar-refractivity contribution >= 4 is 29.3 Å². The highest BCUT2D eigenvalue weighted by Gasteiger charge is 2.26. The van der Waals surface area contributed by atoms with Gasteiger partial charge in [-0.25, -0.2) is 0 Å². The first kappa shape index (κ1) is 22.6. The second-order valence-electron chi connectivity index (χ2n) is 7.46. The van der Waals surface area contributed by atoms with Crippen LogP contribution >= 0.6 is 12.2 Å². The number of nitrogens with one attached hydrogen (secondary N) is 3. The molecule has 0 radical (unpaired) electrons. The predicted octanol–water partition coefficient (Wildman–Crippen LogP) is 4.52. The van der Waals surface area contributed by atoms with Crippen LogP contribution in [-0.2, 0) is 4.79 Å². The molecule has 1 atom stereocenters. The van der Waals surface area contributed by atoms with E-state index >= 15 is 0 Å². The number of thiocarbonyl (C=S) groups is 1. The number of amides is 1. The van der Waals surface area contributed by atoms with Crippen LogP contribution in [0.25, 0.3) is 6.08 Å². The molecule has 4 nitrogen and oxygen atoms in total. The minimum absolute atomic E-state index is 0.175. The van der Waals surface area contributed by atoms with E-state index in [0.717, 1.165) is 16.8 Å². The maximum atomic E-state index is 12.4. The Balaban J connectivity index is 2.76. The molecule has 0 spiro atoms. The number of carbonyl (C=O) groups is 1. The van der Waals surface area contributed by atoms with Gasteiger partial charge < -0.3 is 16.0 Å². The van der Waals surface area contributed by atoms with Gasteiger partial charge in [0.05, 0.1) is 0 Å². The Morgan fingerprint density at radius 3 is 2.26 bits per heavy atom. The Morgan fingerprint density at radius 2 is 1.70 bits per heavy atom. The summed E-state index contributed by atoms with van der Waals surface area (Å²) in [6.45, 7) is 12.1. The lowest BCUT2D eigenvalue weighted by molar-refractivity contribution is -0.118. The van der Waals surface area contributed by atoms with Gasteiger partial charge in [0.15, 0.2) is 5.11 Å². The lowest BCUT2D eigenvalue weighted by Gasteiger charge is -2.33. The molecule has 0 aliphatic rings. The third-order valence-corrected chi connectivity index (χ3v) is 4.18. The minimum Gasteiger partial charge on any atom is -0.342 e. The largest absolute Gasteiger partial charge is 0.342 e. The van der Waals surface area contributed by atoms with Crippen molar-refractivity contribution in [2.24, 2.45) is 5.41 Å². The summed E-state index contributed by atoms with van der Waals surface area (Å²) in [6.07, 6.45) is 7.00. The van der Waals surface area contributed by atoms with E-state index in [1.807, 2.05) is 84.0 Å². The second-order valence-corrected chi connectivity index (χ2v) is 7.87. The zero-order valence-electron chi connectivity index (χ0n) is 17.1. The summed E-state index contributed by atoms with van der Waals surface area (Å²) in [7, 11) is 0. The van der Waals surface area contributed by atoms with Gasteiger partial charge in [0.2, 0.25) is 5.91 Å². The highest BCUT2D eigenvalue weighted by atomic mass is 32.1. The van der Waals surface area contributed by atoms with Crippen molar-refractivity contribution in [3.8, 4) is 0 Å². The van der Waals surface area contributed by atoms with E-state index in [9.17, 15) is 4.79 Å². The molecule has 1 amide bonds. The molecule has 0 bridgehead atoms. The van der Waals surface area contributed by atoms with Gasteiger partial charge in [0, 0.05) is 17.2 Å². The van der Waals surface area contributed by atoms with Crippen molar-refractivity contribution in [2.75, 3.05) is 0 Å². The van der Waals surface area contributed by atoms with E-state index in [-0.39, 0.29) is 17.5 Å². The van der Waals surface area contributed by atoms with Crippen molar-refractivity contribution in [2.45, 2.75) is 47.7 Å². The Bertz CT molecular complexity index is 728. The van der Waals surface area contributed by atoms with Crippen LogP contribution in [0.5, 0.6) is 0 Å².